The fourth-order valence-electron chi connectivity index (χ4n) is 2.13. The molecule has 1 aromatic heterocycles. The zero-order valence-corrected chi connectivity index (χ0v) is 11.5. The molecule has 0 atom stereocenters. The number of halogens is 1. The molecule has 4 nitrogen and oxygen atoms in total. The van der Waals surface area contributed by atoms with Gasteiger partial charge in [-0.3, -0.25) is 4.90 Å². The summed E-state index contributed by atoms with van der Waals surface area (Å²) in [5.41, 5.74) is 1.30. The van der Waals surface area contributed by atoms with Crippen molar-refractivity contribution >= 4 is 15.9 Å². The molecule has 2 rings (SSSR count). The van der Waals surface area contributed by atoms with E-state index in [1.54, 1.807) is 0 Å². The third kappa shape index (κ3) is 2.64. The summed E-state index contributed by atoms with van der Waals surface area (Å²) >= 11 is 3.50. The Kier molecular flexibility index (Phi) is 4.00. The maximum absolute atomic E-state index is 4.34. The van der Waals surface area contributed by atoms with Crippen molar-refractivity contribution in [2.45, 2.75) is 26.4 Å². The molecule has 0 amide bonds. The Bertz CT molecular complexity index is 342. The summed E-state index contributed by atoms with van der Waals surface area (Å²) < 4.78 is 3.19. The largest absolute Gasteiger partial charge is 0.319 e. The second kappa shape index (κ2) is 5.29. The van der Waals surface area contributed by atoms with E-state index in [1.165, 1.54) is 5.69 Å². The van der Waals surface area contributed by atoms with E-state index in [-0.39, 0.29) is 0 Å². The van der Waals surface area contributed by atoms with E-state index in [9.17, 15) is 0 Å². The zero-order chi connectivity index (χ0) is 11.5. The van der Waals surface area contributed by atoms with E-state index in [4.69, 9.17) is 0 Å². The van der Waals surface area contributed by atoms with Gasteiger partial charge >= 0.3 is 0 Å². The molecule has 1 aliphatic rings. The molecule has 16 heavy (non-hydrogen) atoms. The van der Waals surface area contributed by atoms with Gasteiger partial charge in [0.15, 0.2) is 4.73 Å². The number of hydrogen-bond donors (Lipinski definition) is 1. The quantitative estimate of drug-likeness (QED) is 0.917. The number of rotatable bonds is 3. The maximum atomic E-state index is 4.34. The molecule has 0 unspecified atom stereocenters. The molecular weight excluding hydrogens is 268 g/mol. The van der Waals surface area contributed by atoms with Crippen molar-refractivity contribution in [1.82, 2.24) is 19.8 Å². The lowest BCUT2D eigenvalue weighted by Crippen LogP contribution is -2.43. The molecule has 0 bridgehead atoms. The van der Waals surface area contributed by atoms with Crippen LogP contribution in [0.25, 0.3) is 0 Å². The van der Waals surface area contributed by atoms with Crippen LogP contribution in [0.3, 0.4) is 0 Å². The van der Waals surface area contributed by atoms with E-state index in [1.807, 2.05) is 6.20 Å². The van der Waals surface area contributed by atoms with Crippen LogP contribution in [0.2, 0.25) is 0 Å². The third-order valence-corrected chi connectivity index (χ3v) is 3.53. The van der Waals surface area contributed by atoms with Gasteiger partial charge in [0, 0.05) is 38.8 Å². The van der Waals surface area contributed by atoms with Gasteiger partial charge in [-0.2, -0.15) is 0 Å². The van der Waals surface area contributed by atoms with Gasteiger partial charge in [0.25, 0.3) is 0 Å². The molecule has 1 saturated heterocycles. The lowest BCUT2D eigenvalue weighted by atomic mass is 10.3. The Hall–Kier alpha value is -0.390. The first-order valence-electron chi connectivity index (χ1n) is 5.83. The number of nitrogens with zero attached hydrogens (tertiary/aromatic N) is 3. The second-order valence-electron chi connectivity index (χ2n) is 4.51. The minimum Gasteiger partial charge on any atom is -0.319 e. The van der Waals surface area contributed by atoms with E-state index in [2.05, 4.69) is 49.5 Å². The molecule has 0 radical (unpaired) electrons. The van der Waals surface area contributed by atoms with E-state index < -0.39 is 0 Å². The summed E-state index contributed by atoms with van der Waals surface area (Å²) in [6, 6.07) is 0.454. The Morgan fingerprint density at radius 1 is 1.44 bits per heavy atom. The molecule has 5 heteroatoms. The highest BCUT2D eigenvalue weighted by atomic mass is 79.9. The minimum absolute atomic E-state index is 0.454. The van der Waals surface area contributed by atoms with Crippen LogP contribution < -0.4 is 5.32 Å². The summed E-state index contributed by atoms with van der Waals surface area (Å²) in [5.74, 6) is 0. The Labute approximate surface area is 105 Å². The molecule has 90 valence electrons. The highest BCUT2D eigenvalue weighted by Gasteiger charge is 2.15. The van der Waals surface area contributed by atoms with Crippen molar-refractivity contribution in [3.8, 4) is 0 Å². The number of nitrogens with one attached hydrogen (secondary N) is 1. The molecular formula is C11H19BrN4. The average Bonchev–Trinajstić information content (AvgIpc) is 2.61. The number of imidazole rings is 1. The summed E-state index contributed by atoms with van der Waals surface area (Å²) in [6.45, 7) is 9.82. The van der Waals surface area contributed by atoms with Crippen molar-refractivity contribution < 1.29 is 0 Å². The van der Waals surface area contributed by atoms with Crippen LogP contribution in [0.5, 0.6) is 0 Å². The van der Waals surface area contributed by atoms with Crippen LogP contribution in [-0.4, -0.2) is 40.6 Å². The van der Waals surface area contributed by atoms with Gasteiger partial charge < -0.3 is 9.88 Å². The average molecular weight is 287 g/mol. The Morgan fingerprint density at radius 2 is 2.12 bits per heavy atom. The number of piperazine rings is 1. The molecule has 0 saturated carbocycles. The van der Waals surface area contributed by atoms with Gasteiger partial charge in [-0.1, -0.05) is 0 Å². The minimum atomic E-state index is 0.454. The van der Waals surface area contributed by atoms with Crippen LogP contribution in [0.15, 0.2) is 10.9 Å². The van der Waals surface area contributed by atoms with Gasteiger partial charge in [-0.15, -0.1) is 0 Å². The van der Waals surface area contributed by atoms with E-state index in [0.717, 1.165) is 37.5 Å². The molecule has 1 aliphatic heterocycles. The molecule has 0 aromatic carbocycles. The fraction of sp³-hybridized carbons (Fsp3) is 0.727. The molecule has 0 aliphatic carbocycles. The first-order chi connectivity index (χ1) is 7.68. The monoisotopic (exact) mass is 286 g/mol. The first kappa shape index (κ1) is 12.1. The van der Waals surface area contributed by atoms with Gasteiger partial charge in [-0.05, 0) is 29.8 Å². The predicted molar refractivity (Wildman–Crippen MR) is 68.5 cm³/mol. The smallest absolute Gasteiger partial charge is 0.177 e. The highest BCUT2D eigenvalue weighted by Crippen LogP contribution is 2.19. The molecule has 1 aromatic rings. The predicted octanol–water partition coefficient (Wildman–Crippen LogP) is 1.63. The summed E-state index contributed by atoms with van der Waals surface area (Å²) in [4.78, 5) is 6.81. The topological polar surface area (TPSA) is 33.1 Å². The first-order valence-corrected chi connectivity index (χ1v) is 6.62. The molecule has 2 heterocycles. The Morgan fingerprint density at radius 3 is 2.75 bits per heavy atom. The maximum Gasteiger partial charge on any atom is 0.177 e. The van der Waals surface area contributed by atoms with Crippen molar-refractivity contribution in [3.05, 3.63) is 16.6 Å². The molecule has 1 fully saturated rings. The van der Waals surface area contributed by atoms with Crippen LogP contribution in [0, 0.1) is 0 Å². The summed E-state index contributed by atoms with van der Waals surface area (Å²) in [7, 11) is 0. The Balaban J connectivity index is 2.08. The standard InChI is InChI=1S/C11H19BrN4/c1-9(2)16-10(7-14-11(16)12)8-15-5-3-13-4-6-15/h7,9,13H,3-6,8H2,1-2H3. The van der Waals surface area contributed by atoms with Crippen LogP contribution in [-0.2, 0) is 6.54 Å². The van der Waals surface area contributed by atoms with Gasteiger partial charge in [0.1, 0.15) is 0 Å². The van der Waals surface area contributed by atoms with Crippen molar-refractivity contribution in [1.29, 1.82) is 0 Å². The fourth-order valence-corrected chi connectivity index (χ4v) is 2.87. The normalized spacial score (nSPS) is 18.2. The lowest BCUT2D eigenvalue weighted by Gasteiger charge is -2.27. The van der Waals surface area contributed by atoms with Crippen molar-refractivity contribution in [2.75, 3.05) is 26.2 Å². The zero-order valence-electron chi connectivity index (χ0n) is 9.91. The van der Waals surface area contributed by atoms with Gasteiger partial charge in [0.2, 0.25) is 0 Å². The number of hydrogen-bond acceptors (Lipinski definition) is 3. The molecule has 1 N–H and O–H groups in total. The summed E-state index contributed by atoms with van der Waals surface area (Å²) in [6.07, 6.45) is 1.98. The highest BCUT2D eigenvalue weighted by molar-refractivity contribution is 9.10. The van der Waals surface area contributed by atoms with Gasteiger partial charge in [-0.25, -0.2) is 4.98 Å². The van der Waals surface area contributed by atoms with Gasteiger partial charge in [0.05, 0.1) is 11.9 Å². The van der Waals surface area contributed by atoms with Crippen molar-refractivity contribution in [2.24, 2.45) is 0 Å². The van der Waals surface area contributed by atoms with E-state index in [0.29, 0.717) is 6.04 Å². The number of aromatic nitrogens is 2. The van der Waals surface area contributed by atoms with Crippen LogP contribution >= 0.6 is 15.9 Å². The third-order valence-electron chi connectivity index (χ3n) is 2.94. The second-order valence-corrected chi connectivity index (χ2v) is 5.22. The SMILES string of the molecule is CC(C)n1c(CN2CCNCC2)cnc1Br. The molecule has 0 spiro atoms. The van der Waals surface area contributed by atoms with Crippen LogP contribution in [0.1, 0.15) is 25.6 Å². The van der Waals surface area contributed by atoms with E-state index >= 15 is 0 Å². The lowest BCUT2D eigenvalue weighted by molar-refractivity contribution is 0.226. The summed E-state index contributed by atoms with van der Waals surface area (Å²) in [5, 5.41) is 3.37. The van der Waals surface area contributed by atoms with Crippen molar-refractivity contribution in [3.63, 3.8) is 0 Å². The van der Waals surface area contributed by atoms with Crippen LogP contribution in [0.4, 0.5) is 0 Å².